The van der Waals surface area contributed by atoms with Crippen LogP contribution >= 0.6 is 34.8 Å². The van der Waals surface area contributed by atoms with Crippen LogP contribution in [0.1, 0.15) is 21.6 Å². The number of carbonyl (C=O) groups excluding carboxylic acids is 1. The number of hydrogen-bond acceptors (Lipinski definition) is 3. The summed E-state index contributed by atoms with van der Waals surface area (Å²) in [6.45, 7) is 1.80. The number of aromatic nitrogens is 2. The number of amides is 1. The molecule has 3 aromatic rings. The average molecular weight is 408 g/mol. The first-order valence-corrected chi connectivity index (χ1v) is 8.69. The molecular weight excluding hydrogens is 395 g/mol. The van der Waals surface area contributed by atoms with Crippen molar-refractivity contribution >= 4 is 46.9 Å². The highest BCUT2D eigenvalue weighted by Crippen LogP contribution is 2.23. The highest BCUT2D eigenvalue weighted by Gasteiger charge is 2.13. The van der Waals surface area contributed by atoms with Gasteiger partial charge in [0, 0.05) is 15.6 Å². The van der Waals surface area contributed by atoms with Gasteiger partial charge in [0.1, 0.15) is 5.15 Å². The minimum Gasteiger partial charge on any atom is -0.267 e. The third-order valence-electron chi connectivity index (χ3n) is 3.57. The molecule has 0 atom stereocenters. The Bertz CT molecular complexity index is 981. The van der Waals surface area contributed by atoms with E-state index in [2.05, 4.69) is 15.6 Å². The number of hydrazone groups is 1. The third kappa shape index (κ3) is 4.07. The molecule has 26 heavy (non-hydrogen) atoms. The second-order valence-corrected chi connectivity index (χ2v) is 6.62. The SMILES string of the molecule is Cc1nn(-c2cccc(Cl)c2)c(Cl)c1/C=N/NC(=O)c1ccc(Cl)cc1. The summed E-state index contributed by atoms with van der Waals surface area (Å²) < 4.78 is 1.56. The minimum absolute atomic E-state index is 0.353. The summed E-state index contributed by atoms with van der Waals surface area (Å²) in [7, 11) is 0. The van der Waals surface area contributed by atoms with Gasteiger partial charge in [-0.3, -0.25) is 4.79 Å². The van der Waals surface area contributed by atoms with Crippen LogP contribution in [0.15, 0.2) is 53.6 Å². The van der Waals surface area contributed by atoms with Gasteiger partial charge in [-0.05, 0) is 49.4 Å². The molecule has 5 nitrogen and oxygen atoms in total. The highest BCUT2D eigenvalue weighted by molar-refractivity contribution is 6.32. The predicted octanol–water partition coefficient (Wildman–Crippen LogP) is 4.90. The van der Waals surface area contributed by atoms with Crippen LogP contribution in [0.4, 0.5) is 0 Å². The maximum atomic E-state index is 12.0. The molecule has 0 unspecified atom stereocenters. The van der Waals surface area contributed by atoms with Gasteiger partial charge in [-0.15, -0.1) is 0 Å². The van der Waals surface area contributed by atoms with Crippen LogP contribution in [0.2, 0.25) is 15.2 Å². The highest BCUT2D eigenvalue weighted by atomic mass is 35.5. The maximum absolute atomic E-state index is 12.0. The van der Waals surface area contributed by atoms with Gasteiger partial charge < -0.3 is 0 Å². The summed E-state index contributed by atoms with van der Waals surface area (Å²) in [4.78, 5) is 12.0. The monoisotopic (exact) mass is 406 g/mol. The van der Waals surface area contributed by atoms with Crippen LogP contribution in [0.5, 0.6) is 0 Å². The van der Waals surface area contributed by atoms with Gasteiger partial charge in [0.25, 0.3) is 5.91 Å². The van der Waals surface area contributed by atoms with E-state index in [1.807, 2.05) is 12.1 Å². The van der Waals surface area contributed by atoms with E-state index in [-0.39, 0.29) is 5.91 Å². The molecule has 1 heterocycles. The zero-order chi connectivity index (χ0) is 18.7. The van der Waals surface area contributed by atoms with Crippen LogP contribution in [0.25, 0.3) is 5.69 Å². The summed E-state index contributed by atoms with van der Waals surface area (Å²) in [5, 5.41) is 9.87. The van der Waals surface area contributed by atoms with Crippen molar-refractivity contribution in [3.05, 3.63) is 80.6 Å². The van der Waals surface area contributed by atoms with Crippen molar-refractivity contribution in [3.8, 4) is 5.69 Å². The summed E-state index contributed by atoms with van der Waals surface area (Å²) in [6.07, 6.45) is 1.46. The number of hydrogen-bond donors (Lipinski definition) is 1. The van der Waals surface area contributed by atoms with Crippen molar-refractivity contribution in [1.29, 1.82) is 0 Å². The van der Waals surface area contributed by atoms with Crippen molar-refractivity contribution in [1.82, 2.24) is 15.2 Å². The third-order valence-corrected chi connectivity index (χ3v) is 4.42. The van der Waals surface area contributed by atoms with E-state index in [1.165, 1.54) is 6.21 Å². The van der Waals surface area contributed by atoms with Gasteiger partial charge in [-0.1, -0.05) is 40.9 Å². The van der Waals surface area contributed by atoms with E-state index >= 15 is 0 Å². The topological polar surface area (TPSA) is 59.3 Å². The fourth-order valence-corrected chi connectivity index (χ4v) is 2.89. The molecular formula is C18H13Cl3N4O. The minimum atomic E-state index is -0.353. The van der Waals surface area contributed by atoms with Gasteiger partial charge >= 0.3 is 0 Å². The molecule has 3 rings (SSSR count). The first-order valence-electron chi connectivity index (χ1n) is 7.56. The molecule has 0 aliphatic heterocycles. The lowest BCUT2D eigenvalue weighted by Crippen LogP contribution is -2.17. The van der Waals surface area contributed by atoms with Crippen molar-refractivity contribution in [2.45, 2.75) is 6.92 Å². The van der Waals surface area contributed by atoms with Crippen LogP contribution in [0, 0.1) is 6.92 Å². The van der Waals surface area contributed by atoms with Gasteiger partial charge in [-0.25, -0.2) is 10.1 Å². The quantitative estimate of drug-likeness (QED) is 0.494. The molecule has 132 valence electrons. The standard InChI is InChI=1S/C18H13Cl3N4O/c1-11-16(10-22-23-18(26)12-5-7-13(19)8-6-12)17(21)25(24-11)15-4-2-3-14(20)9-15/h2-10H,1H3,(H,23,26)/b22-10+. The maximum Gasteiger partial charge on any atom is 0.271 e. The Morgan fingerprint density at radius 3 is 2.54 bits per heavy atom. The largest absolute Gasteiger partial charge is 0.271 e. The second-order valence-electron chi connectivity index (χ2n) is 5.39. The van der Waals surface area contributed by atoms with E-state index in [1.54, 1.807) is 48.0 Å². The molecule has 0 radical (unpaired) electrons. The molecule has 8 heteroatoms. The van der Waals surface area contributed by atoms with Crippen LogP contribution in [-0.2, 0) is 0 Å². The Balaban J connectivity index is 1.79. The van der Waals surface area contributed by atoms with Gasteiger partial charge in [-0.2, -0.15) is 10.2 Å². The molecule has 0 aliphatic carbocycles. The molecule has 0 spiro atoms. The van der Waals surface area contributed by atoms with Crippen molar-refractivity contribution < 1.29 is 4.79 Å². The molecule has 0 saturated carbocycles. The van der Waals surface area contributed by atoms with E-state index in [4.69, 9.17) is 34.8 Å². The van der Waals surface area contributed by atoms with Crippen molar-refractivity contribution in [3.63, 3.8) is 0 Å². The Morgan fingerprint density at radius 1 is 1.12 bits per heavy atom. The van der Waals surface area contributed by atoms with Crippen molar-refractivity contribution in [2.24, 2.45) is 5.10 Å². The van der Waals surface area contributed by atoms with Crippen LogP contribution in [-0.4, -0.2) is 21.9 Å². The summed E-state index contributed by atoms with van der Waals surface area (Å²) in [5.41, 5.74) is 4.90. The molecule has 0 saturated heterocycles. The number of aryl methyl sites for hydroxylation is 1. The first kappa shape index (κ1) is 18.5. The summed E-state index contributed by atoms with van der Waals surface area (Å²) in [6, 6.07) is 13.7. The normalized spacial score (nSPS) is 11.1. The number of benzene rings is 2. The first-order chi connectivity index (χ1) is 12.5. The zero-order valence-corrected chi connectivity index (χ0v) is 15.8. The average Bonchev–Trinajstić information content (AvgIpc) is 2.90. The van der Waals surface area contributed by atoms with Gasteiger partial charge in [0.05, 0.1) is 23.2 Å². The molecule has 1 aromatic heterocycles. The van der Waals surface area contributed by atoms with E-state index in [9.17, 15) is 4.79 Å². The van der Waals surface area contributed by atoms with E-state index in [0.717, 1.165) is 5.69 Å². The molecule has 1 N–H and O–H groups in total. The molecule has 1 amide bonds. The number of halogens is 3. The van der Waals surface area contributed by atoms with E-state index in [0.29, 0.717) is 32.0 Å². The number of nitrogens with zero attached hydrogens (tertiary/aromatic N) is 3. The lowest BCUT2D eigenvalue weighted by atomic mass is 10.2. The smallest absolute Gasteiger partial charge is 0.267 e. The zero-order valence-electron chi connectivity index (χ0n) is 13.6. The van der Waals surface area contributed by atoms with E-state index < -0.39 is 0 Å². The Morgan fingerprint density at radius 2 is 1.85 bits per heavy atom. The molecule has 0 aliphatic rings. The van der Waals surface area contributed by atoms with Gasteiger partial charge in [0.2, 0.25) is 0 Å². The molecule has 2 aromatic carbocycles. The lowest BCUT2D eigenvalue weighted by Gasteiger charge is -2.03. The van der Waals surface area contributed by atoms with Crippen LogP contribution in [0.3, 0.4) is 0 Å². The molecule has 0 fully saturated rings. The summed E-state index contributed by atoms with van der Waals surface area (Å²) >= 11 is 18.2. The van der Waals surface area contributed by atoms with Crippen molar-refractivity contribution in [2.75, 3.05) is 0 Å². The second kappa shape index (κ2) is 7.91. The Kier molecular flexibility index (Phi) is 5.61. The fraction of sp³-hybridized carbons (Fsp3) is 0.0556. The number of rotatable bonds is 4. The summed E-state index contributed by atoms with van der Waals surface area (Å²) in [5.74, 6) is -0.353. The Hall–Kier alpha value is -2.34. The van der Waals surface area contributed by atoms with Gasteiger partial charge in [0.15, 0.2) is 0 Å². The predicted molar refractivity (Wildman–Crippen MR) is 105 cm³/mol. The Labute approximate surface area is 165 Å². The number of nitrogens with one attached hydrogen (secondary N) is 1. The lowest BCUT2D eigenvalue weighted by molar-refractivity contribution is 0.0955. The fourth-order valence-electron chi connectivity index (χ4n) is 2.26. The van der Waals surface area contributed by atoms with Crippen LogP contribution < -0.4 is 5.43 Å². The number of carbonyl (C=O) groups is 1. The molecule has 0 bridgehead atoms.